The van der Waals surface area contributed by atoms with E-state index >= 15 is 0 Å². The molecule has 1 aromatic rings. The molecule has 5 nitrogen and oxygen atoms in total. The molecule has 94 valence electrons. The fourth-order valence-corrected chi connectivity index (χ4v) is 2.70. The average molecular weight is 238 g/mol. The lowest BCUT2D eigenvalue weighted by molar-refractivity contribution is 0.0996. The van der Waals surface area contributed by atoms with E-state index in [4.69, 9.17) is 9.26 Å². The zero-order valence-electron chi connectivity index (χ0n) is 10.2. The van der Waals surface area contributed by atoms with E-state index in [1.807, 2.05) is 6.92 Å². The Labute approximate surface area is 100 Å². The number of fused-ring (bicyclic) bond motifs is 2. The molecular formula is C12H18N2O3. The van der Waals surface area contributed by atoms with Crippen molar-refractivity contribution in [1.82, 2.24) is 10.1 Å². The van der Waals surface area contributed by atoms with Gasteiger partial charge in [-0.25, -0.2) is 0 Å². The molecule has 0 aromatic carbocycles. The number of aliphatic hydroxyl groups excluding tert-OH is 1. The van der Waals surface area contributed by atoms with Gasteiger partial charge in [-0.2, -0.15) is 4.98 Å². The monoisotopic (exact) mass is 238 g/mol. The highest BCUT2D eigenvalue weighted by Crippen LogP contribution is 2.43. The minimum absolute atomic E-state index is 0.115. The molecule has 0 aliphatic carbocycles. The van der Waals surface area contributed by atoms with Crippen molar-refractivity contribution in [3.05, 3.63) is 11.7 Å². The summed E-state index contributed by atoms with van der Waals surface area (Å²) in [4.78, 5) is 4.41. The summed E-state index contributed by atoms with van der Waals surface area (Å²) in [6.45, 7) is 3.62. The second-order valence-corrected chi connectivity index (χ2v) is 5.24. The summed E-state index contributed by atoms with van der Waals surface area (Å²) in [5.41, 5.74) is 0. The normalized spacial score (nSPS) is 35.1. The maximum Gasteiger partial charge on any atom is 0.232 e. The summed E-state index contributed by atoms with van der Waals surface area (Å²) in [5.74, 6) is 1.45. The van der Waals surface area contributed by atoms with Crippen LogP contribution in [0.2, 0.25) is 0 Å². The number of aromatic nitrogens is 2. The fourth-order valence-electron chi connectivity index (χ4n) is 2.70. The molecule has 5 unspecified atom stereocenters. The molecule has 0 amide bonds. The molecule has 2 aliphatic rings. The molecule has 2 aliphatic heterocycles. The number of hydrogen-bond acceptors (Lipinski definition) is 5. The van der Waals surface area contributed by atoms with Crippen molar-refractivity contribution in [3.8, 4) is 0 Å². The highest BCUT2D eigenvalue weighted by molar-refractivity contribution is 5.08. The summed E-state index contributed by atoms with van der Waals surface area (Å²) < 4.78 is 11.0. The Balaban J connectivity index is 1.77. The molecule has 0 saturated carbocycles. The second kappa shape index (κ2) is 4.07. The molecule has 2 fully saturated rings. The fraction of sp³-hybridized carbons (Fsp3) is 0.833. The average Bonchev–Trinajstić information content (AvgIpc) is 3.02. The highest BCUT2D eigenvalue weighted by atomic mass is 16.5. The summed E-state index contributed by atoms with van der Waals surface area (Å²) in [6.07, 6.45) is 3.46. The van der Waals surface area contributed by atoms with Crippen LogP contribution < -0.4 is 0 Å². The van der Waals surface area contributed by atoms with Gasteiger partial charge in [-0.15, -0.1) is 0 Å². The first-order valence-electron chi connectivity index (χ1n) is 6.32. The minimum Gasteiger partial charge on any atom is -0.393 e. The maximum absolute atomic E-state index is 9.50. The van der Waals surface area contributed by atoms with Crippen molar-refractivity contribution in [2.75, 3.05) is 0 Å². The summed E-state index contributed by atoms with van der Waals surface area (Å²) in [7, 11) is 0. The van der Waals surface area contributed by atoms with E-state index in [1.54, 1.807) is 6.92 Å². The van der Waals surface area contributed by atoms with Crippen LogP contribution in [0.15, 0.2) is 4.52 Å². The van der Waals surface area contributed by atoms with Crippen molar-refractivity contribution in [3.63, 3.8) is 0 Å². The molecule has 3 rings (SSSR count). The molecule has 5 heteroatoms. The lowest BCUT2D eigenvalue weighted by Crippen LogP contribution is -2.16. The van der Waals surface area contributed by atoms with Crippen LogP contribution in [0.4, 0.5) is 0 Å². The molecule has 1 N–H and O–H groups in total. The largest absolute Gasteiger partial charge is 0.393 e. The Hall–Kier alpha value is -0.940. The predicted octanol–water partition coefficient (Wildman–Crippen LogP) is 1.59. The smallest absolute Gasteiger partial charge is 0.232 e. The lowest BCUT2D eigenvalue weighted by Gasteiger charge is -2.14. The van der Waals surface area contributed by atoms with Gasteiger partial charge in [0.2, 0.25) is 5.89 Å². The number of rotatable bonds is 3. The number of hydrogen-bond donors (Lipinski definition) is 1. The second-order valence-electron chi connectivity index (χ2n) is 5.24. The van der Waals surface area contributed by atoms with Crippen LogP contribution in [0.5, 0.6) is 0 Å². The molecular weight excluding hydrogens is 220 g/mol. The first-order chi connectivity index (χ1) is 8.15. The van der Waals surface area contributed by atoms with Gasteiger partial charge in [-0.05, 0) is 26.2 Å². The standard InChI is InChI=1S/C12H18N2O3/c1-6(7(2)15)12-13-11(14-17-12)9-5-8-3-4-10(9)16-8/h6-10,15H,3-5H2,1-2H3. The number of nitrogens with zero attached hydrogens (tertiary/aromatic N) is 2. The van der Waals surface area contributed by atoms with Crippen molar-refractivity contribution < 1.29 is 14.4 Å². The molecule has 5 atom stereocenters. The van der Waals surface area contributed by atoms with Gasteiger partial charge in [-0.1, -0.05) is 12.1 Å². The van der Waals surface area contributed by atoms with Crippen LogP contribution in [-0.2, 0) is 4.74 Å². The molecule has 1 aromatic heterocycles. The summed E-state index contributed by atoms with van der Waals surface area (Å²) >= 11 is 0. The predicted molar refractivity (Wildman–Crippen MR) is 59.6 cm³/mol. The van der Waals surface area contributed by atoms with E-state index < -0.39 is 6.10 Å². The zero-order valence-corrected chi connectivity index (χ0v) is 10.2. The third-order valence-corrected chi connectivity index (χ3v) is 4.01. The molecule has 0 spiro atoms. The van der Waals surface area contributed by atoms with E-state index in [9.17, 15) is 5.11 Å². The van der Waals surface area contributed by atoms with Gasteiger partial charge in [0, 0.05) is 0 Å². The van der Waals surface area contributed by atoms with Crippen LogP contribution in [0, 0.1) is 0 Å². The maximum atomic E-state index is 9.50. The van der Waals surface area contributed by atoms with Crippen molar-refractivity contribution >= 4 is 0 Å². The van der Waals surface area contributed by atoms with E-state index in [0.717, 1.165) is 25.1 Å². The Kier molecular flexibility index (Phi) is 2.67. The third kappa shape index (κ3) is 1.87. The van der Waals surface area contributed by atoms with E-state index in [-0.39, 0.29) is 17.9 Å². The molecule has 3 heterocycles. The number of aliphatic hydroxyl groups is 1. The van der Waals surface area contributed by atoms with Crippen molar-refractivity contribution in [2.45, 2.75) is 63.3 Å². The van der Waals surface area contributed by atoms with Gasteiger partial charge in [0.1, 0.15) is 0 Å². The van der Waals surface area contributed by atoms with E-state index in [2.05, 4.69) is 10.1 Å². The van der Waals surface area contributed by atoms with Crippen molar-refractivity contribution in [2.24, 2.45) is 0 Å². The van der Waals surface area contributed by atoms with Gasteiger partial charge >= 0.3 is 0 Å². The van der Waals surface area contributed by atoms with Crippen LogP contribution in [-0.4, -0.2) is 33.6 Å². The number of ether oxygens (including phenoxy) is 1. The summed E-state index contributed by atoms with van der Waals surface area (Å²) in [6, 6.07) is 0. The zero-order chi connectivity index (χ0) is 12.0. The molecule has 2 saturated heterocycles. The quantitative estimate of drug-likeness (QED) is 0.866. The molecule has 0 radical (unpaired) electrons. The Morgan fingerprint density at radius 1 is 1.35 bits per heavy atom. The van der Waals surface area contributed by atoms with Crippen molar-refractivity contribution in [1.29, 1.82) is 0 Å². The highest BCUT2D eigenvalue weighted by Gasteiger charge is 2.43. The first-order valence-corrected chi connectivity index (χ1v) is 6.32. The van der Waals surface area contributed by atoms with Gasteiger partial charge in [0.15, 0.2) is 5.82 Å². The topological polar surface area (TPSA) is 68.4 Å². The van der Waals surface area contributed by atoms with E-state index in [0.29, 0.717) is 12.0 Å². The molecule has 2 bridgehead atoms. The Bertz CT molecular complexity index is 404. The van der Waals surface area contributed by atoms with Gasteiger partial charge in [-0.3, -0.25) is 0 Å². The lowest BCUT2D eigenvalue weighted by atomic mass is 9.89. The van der Waals surface area contributed by atoms with Gasteiger partial charge in [0.25, 0.3) is 0 Å². The Morgan fingerprint density at radius 2 is 2.18 bits per heavy atom. The van der Waals surface area contributed by atoms with Gasteiger partial charge in [0.05, 0.1) is 30.1 Å². The Morgan fingerprint density at radius 3 is 2.76 bits per heavy atom. The van der Waals surface area contributed by atoms with E-state index in [1.165, 1.54) is 0 Å². The van der Waals surface area contributed by atoms with Crippen LogP contribution in [0.3, 0.4) is 0 Å². The third-order valence-electron chi connectivity index (χ3n) is 4.01. The van der Waals surface area contributed by atoms with Crippen LogP contribution in [0.25, 0.3) is 0 Å². The molecule has 17 heavy (non-hydrogen) atoms. The minimum atomic E-state index is -0.473. The SMILES string of the molecule is CC(O)C(C)c1nc(C2CC3CCC2O3)no1. The van der Waals surface area contributed by atoms with Crippen LogP contribution >= 0.6 is 0 Å². The first kappa shape index (κ1) is 11.2. The van der Waals surface area contributed by atoms with Gasteiger partial charge < -0.3 is 14.4 Å². The van der Waals surface area contributed by atoms with Crippen LogP contribution in [0.1, 0.15) is 56.7 Å². The summed E-state index contributed by atoms with van der Waals surface area (Å²) in [5, 5.41) is 13.5.